The van der Waals surface area contributed by atoms with Crippen LogP contribution in [-0.2, 0) is 9.59 Å². The predicted octanol–water partition coefficient (Wildman–Crippen LogP) is 2.21. The molecule has 0 saturated carbocycles. The molecule has 2 aromatic rings. The van der Waals surface area contributed by atoms with Crippen LogP contribution in [-0.4, -0.2) is 30.1 Å². The molecule has 7 nitrogen and oxygen atoms in total. The average Bonchev–Trinajstić information content (AvgIpc) is 2.95. The molecule has 0 atom stereocenters. The second-order valence-corrected chi connectivity index (χ2v) is 6.25. The van der Waals surface area contributed by atoms with Gasteiger partial charge in [-0.3, -0.25) is 14.5 Å². The molecule has 0 spiro atoms. The highest BCUT2D eigenvalue weighted by Gasteiger charge is 2.31. The molecule has 0 radical (unpaired) electrons. The number of hydrogen-bond donors (Lipinski definition) is 2. The van der Waals surface area contributed by atoms with Crippen molar-refractivity contribution in [2.45, 2.75) is 6.92 Å². The average molecular weight is 397 g/mol. The molecule has 0 aliphatic carbocycles. The van der Waals surface area contributed by atoms with Crippen LogP contribution in [0.15, 0.2) is 54.2 Å². The molecular formula is C20H19N3O4S. The lowest BCUT2D eigenvalue weighted by atomic mass is 10.1. The van der Waals surface area contributed by atoms with Crippen LogP contribution in [0.5, 0.6) is 11.5 Å². The molecule has 2 aromatic carbocycles. The van der Waals surface area contributed by atoms with Crippen LogP contribution in [0.4, 0.5) is 5.69 Å². The molecule has 0 unspecified atom stereocenters. The molecule has 1 aliphatic heterocycles. The van der Waals surface area contributed by atoms with Gasteiger partial charge in [0, 0.05) is 0 Å². The SMILES string of the molecule is CCOc1cc(/C=C2/NC(=S)N(c3ccccc3)C2=O)ccc1OCC(N)=O. The Bertz CT molecular complexity index is 944. The summed E-state index contributed by atoms with van der Waals surface area (Å²) in [7, 11) is 0. The largest absolute Gasteiger partial charge is 0.490 e. The first-order valence-electron chi connectivity index (χ1n) is 8.59. The first-order valence-corrected chi connectivity index (χ1v) is 9.00. The zero-order chi connectivity index (χ0) is 20.1. The van der Waals surface area contributed by atoms with Crippen molar-refractivity contribution in [3.8, 4) is 11.5 Å². The number of para-hydroxylation sites is 1. The van der Waals surface area contributed by atoms with E-state index < -0.39 is 5.91 Å². The van der Waals surface area contributed by atoms with Gasteiger partial charge in [0.05, 0.1) is 12.3 Å². The Morgan fingerprint density at radius 2 is 1.93 bits per heavy atom. The molecule has 28 heavy (non-hydrogen) atoms. The lowest BCUT2D eigenvalue weighted by Gasteiger charge is -2.13. The molecule has 0 aromatic heterocycles. The van der Waals surface area contributed by atoms with Crippen LogP contribution in [0.25, 0.3) is 6.08 Å². The molecular weight excluding hydrogens is 378 g/mol. The monoisotopic (exact) mass is 397 g/mol. The Morgan fingerprint density at radius 3 is 2.61 bits per heavy atom. The van der Waals surface area contributed by atoms with Gasteiger partial charge in [-0.2, -0.15) is 0 Å². The third-order valence-electron chi connectivity index (χ3n) is 3.84. The molecule has 2 amide bonds. The van der Waals surface area contributed by atoms with Crippen molar-refractivity contribution in [2.24, 2.45) is 5.73 Å². The summed E-state index contributed by atoms with van der Waals surface area (Å²) in [5.74, 6) is 0.0214. The zero-order valence-corrected chi connectivity index (χ0v) is 16.0. The molecule has 3 N–H and O–H groups in total. The lowest BCUT2D eigenvalue weighted by molar-refractivity contribution is -0.120. The van der Waals surface area contributed by atoms with Gasteiger partial charge in [0.15, 0.2) is 23.2 Å². The van der Waals surface area contributed by atoms with Crippen LogP contribution >= 0.6 is 12.2 Å². The molecule has 1 aliphatic rings. The maximum Gasteiger partial charge on any atom is 0.281 e. The number of rotatable bonds is 7. The van der Waals surface area contributed by atoms with Crippen molar-refractivity contribution >= 4 is 40.9 Å². The van der Waals surface area contributed by atoms with Crippen LogP contribution in [0.1, 0.15) is 12.5 Å². The van der Waals surface area contributed by atoms with E-state index >= 15 is 0 Å². The molecule has 1 saturated heterocycles. The van der Waals surface area contributed by atoms with E-state index in [2.05, 4.69) is 5.32 Å². The number of benzene rings is 2. The van der Waals surface area contributed by atoms with E-state index in [9.17, 15) is 9.59 Å². The van der Waals surface area contributed by atoms with Gasteiger partial charge in [0.25, 0.3) is 11.8 Å². The van der Waals surface area contributed by atoms with Crippen molar-refractivity contribution in [1.29, 1.82) is 0 Å². The Morgan fingerprint density at radius 1 is 1.18 bits per heavy atom. The summed E-state index contributed by atoms with van der Waals surface area (Å²) < 4.78 is 10.9. The van der Waals surface area contributed by atoms with E-state index in [-0.39, 0.29) is 12.5 Å². The van der Waals surface area contributed by atoms with E-state index in [1.165, 1.54) is 4.90 Å². The van der Waals surface area contributed by atoms with Crippen molar-refractivity contribution in [3.63, 3.8) is 0 Å². The molecule has 3 rings (SSSR count). The van der Waals surface area contributed by atoms with Gasteiger partial charge < -0.3 is 20.5 Å². The van der Waals surface area contributed by atoms with Crippen LogP contribution < -0.4 is 25.4 Å². The summed E-state index contributed by atoms with van der Waals surface area (Å²) in [6, 6.07) is 14.3. The highest BCUT2D eigenvalue weighted by atomic mass is 32.1. The second kappa shape index (κ2) is 8.53. The van der Waals surface area contributed by atoms with E-state index in [1.807, 2.05) is 37.3 Å². The minimum Gasteiger partial charge on any atom is -0.490 e. The van der Waals surface area contributed by atoms with Gasteiger partial charge in [0.2, 0.25) is 0 Å². The standard InChI is InChI=1S/C20H19N3O4S/c1-2-26-17-11-13(8-9-16(17)27-12-18(21)24)10-15-19(25)23(20(28)22-15)14-6-4-3-5-7-14/h3-11H,2,12H2,1H3,(H2,21,24)(H,22,28)/b15-10+. The Balaban J connectivity index is 1.86. The minimum absolute atomic E-state index is 0.247. The number of nitrogens with zero attached hydrogens (tertiary/aromatic N) is 1. The highest BCUT2D eigenvalue weighted by Crippen LogP contribution is 2.30. The van der Waals surface area contributed by atoms with E-state index in [4.69, 9.17) is 27.4 Å². The Labute approximate surface area is 167 Å². The van der Waals surface area contributed by atoms with Gasteiger partial charge in [-0.15, -0.1) is 0 Å². The van der Waals surface area contributed by atoms with Crippen LogP contribution in [0.2, 0.25) is 0 Å². The number of nitrogens with one attached hydrogen (secondary N) is 1. The summed E-state index contributed by atoms with van der Waals surface area (Å²) in [5.41, 5.74) is 6.87. The quantitative estimate of drug-likeness (QED) is 0.550. The maximum absolute atomic E-state index is 12.8. The molecule has 144 valence electrons. The number of hydrogen-bond acceptors (Lipinski definition) is 5. The number of ether oxygens (including phenoxy) is 2. The van der Waals surface area contributed by atoms with E-state index in [0.29, 0.717) is 40.2 Å². The molecule has 8 heteroatoms. The molecule has 0 bridgehead atoms. The van der Waals surface area contributed by atoms with Gasteiger partial charge in [0.1, 0.15) is 5.70 Å². The normalized spacial score (nSPS) is 14.9. The number of thiocarbonyl (C=S) groups is 1. The van der Waals surface area contributed by atoms with Crippen molar-refractivity contribution in [3.05, 3.63) is 59.8 Å². The lowest BCUT2D eigenvalue weighted by Crippen LogP contribution is -2.30. The third kappa shape index (κ3) is 4.29. The van der Waals surface area contributed by atoms with Gasteiger partial charge in [-0.25, -0.2) is 0 Å². The van der Waals surface area contributed by atoms with Gasteiger partial charge in [-0.05, 0) is 55.0 Å². The number of primary amides is 1. The maximum atomic E-state index is 12.8. The number of amides is 2. The fourth-order valence-corrected chi connectivity index (χ4v) is 2.96. The highest BCUT2D eigenvalue weighted by molar-refractivity contribution is 7.80. The third-order valence-corrected chi connectivity index (χ3v) is 4.13. The van der Waals surface area contributed by atoms with Crippen LogP contribution in [0, 0.1) is 0 Å². The summed E-state index contributed by atoms with van der Waals surface area (Å²) in [6.45, 7) is 2.00. The smallest absolute Gasteiger partial charge is 0.281 e. The first-order chi connectivity index (χ1) is 13.5. The first kappa shape index (κ1) is 19.4. The second-order valence-electron chi connectivity index (χ2n) is 5.86. The number of carbonyl (C=O) groups excluding carboxylic acids is 2. The Hall–Kier alpha value is -3.39. The summed E-state index contributed by atoms with van der Waals surface area (Å²) >= 11 is 5.30. The summed E-state index contributed by atoms with van der Waals surface area (Å²) in [6.07, 6.45) is 1.68. The molecule has 1 heterocycles. The number of nitrogens with two attached hydrogens (primary N) is 1. The van der Waals surface area contributed by atoms with Gasteiger partial charge in [-0.1, -0.05) is 24.3 Å². The fraction of sp³-hybridized carbons (Fsp3) is 0.150. The summed E-state index contributed by atoms with van der Waals surface area (Å²) in [4.78, 5) is 25.2. The Kier molecular flexibility index (Phi) is 5.90. The fourth-order valence-electron chi connectivity index (χ4n) is 2.66. The van der Waals surface area contributed by atoms with Crippen LogP contribution in [0.3, 0.4) is 0 Å². The number of anilines is 1. The van der Waals surface area contributed by atoms with Crippen molar-refractivity contribution < 1.29 is 19.1 Å². The summed E-state index contributed by atoms with van der Waals surface area (Å²) in [5, 5.41) is 3.26. The van der Waals surface area contributed by atoms with E-state index in [0.717, 1.165) is 0 Å². The zero-order valence-electron chi connectivity index (χ0n) is 15.2. The predicted molar refractivity (Wildman–Crippen MR) is 110 cm³/mol. The van der Waals surface area contributed by atoms with Gasteiger partial charge >= 0.3 is 0 Å². The molecule has 1 fully saturated rings. The van der Waals surface area contributed by atoms with E-state index in [1.54, 1.807) is 24.3 Å². The minimum atomic E-state index is -0.580. The van der Waals surface area contributed by atoms with Crippen molar-refractivity contribution in [2.75, 3.05) is 18.1 Å². The van der Waals surface area contributed by atoms with Crippen molar-refractivity contribution in [1.82, 2.24) is 5.32 Å². The number of carbonyl (C=O) groups is 2. The topological polar surface area (TPSA) is 93.9 Å².